The Hall–Kier alpha value is -0.0901. The van der Waals surface area contributed by atoms with Gasteiger partial charge < -0.3 is 29.9 Å². The first-order chi connectivity index (χ1) is 10.3. The number of aliphatic hydroxyl groups is 4. The van der Waals surface area contributed by atoms with Crippen molar-refractivity contribution in [3.8, 4) is 0 Å². The highest BCUT2D eigenvalue weighted by atomic mass is 31.1. The van der Waals surface area contributed by atoms with E-state index in [0.717, 1.165) is 0 Å². The molecule has 9 atom stereocenters. The highest BCUT2D eigenvalue weighted by Gasteiger charge is 2.48. The summed E-state index contributed by atoms with van der Waals surface area (Å²) in [5.41, 5.74) is 0. The predicted octanol–water partition coefficient (Wildman–Crippen LogP) is -3.09. The van der Waals surface area contributed by atoms with Crippen LogP contribution in [-0.4, -0.2) is 98.0 Å². The lowest BCUT2D eigenvalue weighted by atomic mass is 9.93. The van der Waals surface area contributed by atoms with Crippen molar-refractivity contribution in [3.63, 3.8) is 0 Å². The smallest absolute Gasteiger partial charge is 0.394 e. The lowest BCUT2D eigenvalue weighted by molar-refractivity contribution is -0.0130. The highest BCUT2D eigenvalue weighted by Crippen LogP contribution is 2.34. The van der Waals surface area contributed by atoms with Gasteiger partial charge in [-0.1, -0.05) is 0 Å². The molecule has 4 N–H and O–H groups in total. The molecule has 12 heteroatoms. The van der Waals surface area contributed by atoms with E-state index in [0.29, 0.717) is 0 Å². The molecule has 5 unspecified atom stereocenters. The van der Waals surface area contributed by atoms with Crippen molar-refractivity contribution >= 4 is 23.9 Å². The normalized spacial score (nSPS) is 46.1. The molecular formula is C10H16B2O9P+. The average molecular weight is 333 g/mol. The molecule has 2 rings (SSSR count). The van der Waals surface area contributed by atoms with Gasteiger partial charge >= 0.3 is 8.25 Å². The van der Waals surface area contributed by atoms with Gasteiger partial charge in [-0.15, -0.1) is 9.05 Å². The molecule has 0 aromatic heterocycles. The number of rotatable bonds is 6. The van der Waals surface area contributed by atoms with Crippen LogP contribution in [0.15, 0.2) is 0 Å². The molecule has 0 aromatic rings. The van der Waals surface area contributed by atoms with E-state index in [-0.39, 0.29) is 6.61 Å². The van der Waals surface area contributed by atoms with E-state index in [4.69, 9.17) is 39.3 Å². The van der Waals surface area contributed by atoms with Crippen LogP contribution in [-0.2, 0) is 23.1 Å². The molecule has 22 heavy (non-hydrogen) atoms. The second kappa shape index (κ2) is 7.65. The summed E-state index contributed by atoms with van der Waals surface area (Å²) in [4.78, 5) is 0. The number of aliphatic hydroxyl groups excluding tert-OH is 4. The molecule has 0 aromatic carbocycles. The van der Waals surface area contributed by atoms with Gasteiger partial charge in [0.15, 0.2) is 6.10 Å². The van der Waals surface area contributed by atoms with Crippen LogP contribution in [0.25, 0.3) is 0 Å². The maximum absolute atomic E-state index is 11.7. The van der Waals surface area contributed by atoms with Crippen LogP contribution in [0.5, 0.6) is 0 Å². The summed E-state index contributed by atoms with van der Waals surface area (Å²) in [7, 11) is 8.23. The fraction of sp³-hybridized carbons (Fsp3) is 1.00. The monoisotopic (exact) mass is 333 g/mol. The molecule has 2 heterocycles. The van der Waals surface area contributed by atoms with Gasteiger partial charge in [-0.2, -0.15) is 0 Å². The Bertz CT molecular complexity index is 403. The molecular weight excluding hydrogens is 317 g/mol. The van der Waals surface area contributed by atoms with Gasteiger partial charge in [-0.3, -0.25) is 0 Å². The first-order valence-electron chi connectivity index (χ1n) is 6.59. The van der Waals surface area contributed by atoms with Crippen molar-refractivity contribution in [2.24, 2.45) is 0 Å². The topological polar surface area (TPSA) is 135 Å². The third-order valence-corrected chi connectivity index (χ3v) is 4.28. The Morgan fingerprint density at radius 2 is 1.64 bits per heavy atom. The van der Waals surface area contributed by atoms with E-state index in [1.54, 1.807) is 0 Å². The van der Waals surface area contributed by atoms with Crippen molar-refractivity contribution in [1.29, 1.82) is 0 Å². The van der Waals surface area contributed by atoms with Gasteiger partial charge in [0.1, 0.15) is 46.7 Å². The zero-order chi connectivity index (χ0) is 16.4. The first-order valence-corrected chi connectivity index (χ1v) is 7.68. The summed E-state index contributed by atoms with van der Waals surface area (Å²) in [5.74, 6) is 0. The fourth-order valence-corrected chi connectivity index (χ4v) is 2.99. The minimum absolute atomic E-state index is 0.344. The molecule has 2 saturated heterocycles. The zero-order valence-electron chi connectivity index (χ0n) is 11.5. The van der Waals surface area contributed by atoms with Crippen LogP contribution in [0.2, 0.25) is 0 Å². The quantitative estimate of drug-likeness (QED) is 0.295. The van der Waals surface area contributed by atoms with Crippen LogP contribution in [0.1, 0.15) is 0 Å². The minimum atomic E-state index is -2.70. The van der Waals surface area contributed by atoms with E-state index in [2.05, 4.69) is 0 Å². The minimum Gasteiger partial charge on any atom is -0.394 e. The van der Waals surface area contributed by atoms with Crippen LogP contribution >= 0.6 is 8.25 Å². The first kappa shape index (κ1) is 18.3. The van der Waals surface area contributed by atoms with E-state index in [1.807, 2.05) is 0 Å². The van der Waals surface area contributed by atoms with Gasteiger partial charge in [0.25, 0.3) is 0 Å². The largest absolute Gasteiger partial charge is 0.697 e. The van der Waals surface area contributed by atoms with Crippen molar-refractivity contribution in [3.05, 3.63) is 0 Å². The predicted molar refractivity (Wildman–Crippen MR) is 72.4 cm³/mol. The summed E-state index contributed by atoms with van der Waals surface area (Å²) < 4.78 is 31.6. The van der Waals surface area contributed by atoms with Gasteiger partial charge in [-0.25, -0.2) is 0 Å². The number of ether oxygens (including phenoxy) is 2. The Kier molecular flexibility index (Phi) is 6.35. The van der Waals surface area contributed by atoms with Gasteiger partial charge in [0.2, 0.25) is 0 Å². The van der Waals surface area contributed by atoms with E-state index < -0.39 is 63.5 Å². The zero-order valence-corrected chi connectivity index (χ0v) is 12.4. The van der Waals surface area contributed by atoms with Crippen LogP contribution < -0.4 is 0 Å². The Labute approximate surface area is 130 Å². The lowest BCUT2D eigenvalue weighted by Gasteiger charge is -2.13. The molecule has 0 saturated carbocycles. The van der Waals surface area contributed by atoms with Crippen molar-refractivity contribution in [2.45, 2.75) is 48.6 Å². The Morgan fingerprint density at radius 3 is 2.14 bits per heavy atom. The third-order valence-electron chi connectivity index (χ3n) is 3.50. The van der Waals surface area contributed by atoms with Gasteiger partial charge in [0, 0.05) is 10.6 Å². The molecule has 0 bridgehead atoms. The summed E-state index contributed by atoms with van der Waals surface area (Å²) >= 11 is 0. The summed E-state index contributed by atoms with van der Waals surface area (Å²) in [5, 5.41) is 37.7. The molecule has 120 valence electrons. The van der Waals surface area contributed by atoms with Crippen molar-refractivity contribution in [2.75, 3.05) is 13.2 Å². The standard InChI is InChI=1S/C10H16B2O9P/c11-9-7(16)5(14)4(20-9)2-18-22(17)21-8-6(15)3(1-13)19-10(8)12/h3-10,13-16H,1-2H2/q+1/t3-,4-,5?,6?,7?,8?,9-,10-/m1/s1. The van der Waals surface area contributed by atoms with Crippen molar-refractivity contribution in [1.82, 2.24) is 0 Å². The van der Waals surface area contributed by atoms with Crippen molar-refractivity contribution < 1.29 is 43.5 Å². The summed E-state index contributed by atoms with van der Waals surface area (Å²) in [6.45, 7) is -0.812. The Balaban J connectivity index is 1.79. The van der Waals surface area contributed by atoms with Gasteiger partial charge in [0.05, 0.1) is 18.7 Å². The second-order valence-electron chi connectivity index (χ2n) is 5.02. The second-order valence-corrected chi connectivity index (χ2v) is 5.94. The third kappa shape index (κ3) is 3.87. The van der Waals surface area contributed by atoms with Crippen LogP contribution in [0.4, 0.5) is 0 Å². The fourth-order valence-electron chi connectivity index (χ4n) is 2.22. The summed E-state index contributed by atoms with van der Waals surface area (Å²) in [6.07, 6.45) is -6.84. The van der Waals surface area contributed by atoms with E-state index in [1.165, 1.54) is 0 Å². The molecule has 4 radical (unpaired) electrons. The molecule has 0 amide bonds. The van der Waals surface area contributed by atoms with Crippen LogP contribution in [0, 0.1) is 0 Å². The highest BCUT2D eigenvalue weighted by molar-refractivity contribution is 7.33. The molecule has 9 nitrogen and oxygen atoms in total. The Morgan fingerprint density at radius 1 is 1.00 bits per heavy atom. The maximum Gasteiger partial charge on any atom is 0.697 e. The van der Waals surface area contributed by atoms with E-state index in [9.17, 15) is 19.9 Å². The molecule has 2 fully saturated rings. The molecule has 2 aliphatic rings. The summed E-state index contributed by atoms with van der Waals surface area (Å²) in [6, 6.07) is -2.13. The van der Waals surface area contributed by atoms with Crippen LogP contribution in [0.3, 0.4) is 0 Å². The molecule has 2 aliphatic heterocycles. The maximum atomic E-state index is 11.7. The number of hydrogen-bond acceptors (Lipinski definition) is 9. The number of hydrogen-bond donors (Lipinski definition) is 4. The van der Waals surface area contributed by atoms with Gasteiger partial charge in [-0.05, 0) is 0 Å². The SMILES string of the molecule is [B][C@@H]1O[C@H](CO[P+](=O)OC2C(O)[C@@H](CO)O[C@H]2[B])C(O)C1O. The van der Waals surface area contributed by atoms with E-state index >= 15 is 0 Å². The average Bonchev–Trinajstić information content (AvgIpc) is 2.89. The molecule has 0 aliphatic carbocycles. The lowest BCUT2D eigenvalue weighted by Crippen LogP contribution is -2.35. The molecule has 0 spiro atoms.